The van der Waals surface area contributed by atoms with E-state index in [1.165, 1.54) is 0 Å². The van der Waals surface area contributed by atoms with Crippen molar-refractivity contribution in [3.8, 4) is 11.5 Å². The fraction of sp³-hybridized carbons (Fsp3) is 0.273. The highest BCUT2D eigenvalue weighted by molar-refractivity contribution is 6.32. The molecule has 0 spiro atoms. The van der Waals surface area contributed by atoms with Gasteiger partial charge < -0.3 is 29.7 Å². The van der Waals surface area contributed by atoms with Crippen molar-refractivity contribution in [2.24, 2.45) is 0 Å². The zero-order valence-electron chi connectivity index (χ0n) is 16.9. The Bertz CT molecular complexity index is 867. The van der Waals surface area contributed by atoms with Gasteiger partial charge in [-0.1, -0.05) is 41.9 Å². The number of aliphatic carboxylic acids is 2. The first kappa shape index (κ1) is 24.2. The van der Waals surface area contributed by atoms with Crippen LogP contribution in [0.15, 0.2) is 60.7 Å². The number of hydrogen-bond donors (Lipinski definition) is 3. The van der Waals surface area contributed by atoms with E-state index in [2.05, 4.69) is 5.32 Å². The molecular weight excluding hydrogens is 426 g/mol. The van der Waals surface area contributed by atoms with Gasteiger partial charge in [0.1, 0.15) is 17.6 Å². The summed E-state index contributed by atoms with van der Waals surface area (Å²) in [5.74, 6) is -1.19. The maximum Gasteiger partial charge on any atom is 0.328 e. The maximum absolute atomic E-state index is 9.55. The first-order valence-electron chi connectivity index (χ1n) is 9.42. The Morgan fingerprint density at radius 1 is 1.16 bits per heavy atom. The molecule has 1 aliphatic heterocycles. The Kier molecular flexibility index (Phi) is 9.83. The summed E-state index contributed by atoms with van der Waals surface area (Å²) in [5, 5.41) is 19.5. The SMILES string of the molecule is COc1ccc(O[C@@H](c2ccccc2)[C@@H]2CNCCO2)c(Cl)c1.O=C(O)C=CC(=O)O. The number of hydrogen-bond acceptors (Lipinski definition) is 6. The summed E-state index contributed by atoms with van der Waals surface area (Å²) in [6.07, 6.45) is 0.823. The molecule has 1 saturated heterocycles. The fourth-order valence-corrected chi connectivity index (χ4v) is 2.98. The Morgan fingerprint density at radius 3 is 2.35 bits per heavy atom. The molecule has 1 aliphatic rings. The van der Waals surface area contributed by atoms with Crippen LogP contribution < -0.4 is 14.8 Å². The number of ether oxygens (including phenoxy) is 3. The summed E-state index contributed by atoms with van der Waals surface area (Å²) in [7, 11) is 1.61. The molecule has 3 rings (SSSR count). The molecule has 1 heterocycles. The van der Waals surface area contributed by atoms with Crippen molar-refractivity contribution in [3.63, 3.8) is 0 Å². The molecule has 0 bridgehead atoms. The lowest BCUT2D eigenvalue weighted by Gasteiger charge is -2.31. The Labute approximate surface area is 185 Å². The minimum Gasteiger partial charge on any atom is -0.497 e. The van der Waals surface area contributed by atoms with Crippen molar-refractivity contribution in [3.05, 3.63) is 71.3 Å². The molecule has 0 amide bonds. The van der Waals surface area contributed by atoms with Crippen molar-refractivity contribution in [1.82, 2.24) is 5.32 Å². The number of carboxylic acids is 2. The number of carbonyl (C=O) groups is 2. The average Bonchev–Trinajstić information content (AvgIpc) is 2.78. The predicted molar refractivity (Wildman–Crippen MR) is 115 cm³/mol. The average molecular weight is 450 g/mol. The smallest absolute Gasteiger partial charge is 0.328 e. The Morgan fingerprint density at radius 2 is 1.84 bits per heavy atom. The van der Waals surface area contributed by atoms with Crippen LogP contribution in [0.3, 0.4) is 0 Å². The lowest BCUT2D eigenvalue weighted by Crippen LogP contribution is -2.43. The van der Waals surface area contributed by atoms with Gasteiger partial charge in [-0.05, 0) is 17.7 Å². The summed E-state index contributed by atoms with van der Waals surface area (Å²) >= 11 is 6.32. The van der Waals surface area contributed by atoms with Crippen LogP contribution in [0.2, 0.25) is 5.02 Å². The summed E-state index contributed by atoms with van der Waals surface area (Å²) < 4.78 is 17.3. The van der Waals surface area contributed by atoms with Crippen LogP contribution >= 0.6 is 11.6 Å². The number of methoxy groups -OCH3 is 1. The highest BCUT2D eigenvalue weighted by atomic mass is 35.5. The van der Waals surface area contributed by atoms with E-state index in [-0.39, 0.29) is 12.2 Å². The van der Waals surface area contributed by atoms with Gasteiger partial charge in [0, 0.05) is 31.3 Å². The Balaban J connectivity index is 0.000000366. The summed E-state index contributed by atoms with van der Waals surface area (Å²) in [4.78, 5) is 19.1. The molecule has 0 unspecified atom stereocenters. The molecule has 1 fully saturated rings. The quantitative estimate of drug-likeness (QED) is 0.552. The second kappa shape index (κ2) is 12.6. The lowest BCUT2D eigenvalue weighted by atomic mass is 10.0. The van der Waals surface area contributed by atoms with E-state index < -0.39 is 11.9 Å². The Hall–Kier alpha value is -3.07. The zero-order valence-corrected chi connectivity index (χ0v) is 17.6. The molecule has 31 heavy (non-hydrogen) atoms. The molecular formula is C22H24ClNO7. The first-order chi connectivity index (χ1) is 14.9. The zero-order chi connectivity index (χ0) is 22.6. The summed E-state index contributed by atoms with van der Waals surface area (Å²) in [5.41, 5.74) is 1.06. The van der Waals surface area contributed by atoms with Crippen LogP contribution in [0.1, 0.15) is 11.7 Å². The van der Waals surface area contributed by atoms with Gasteiger partial charge in [0.15, 0.2) is 6.10 Å². The minimum absolute atomic E-state index is 0.0654. The van der Waals surface area contributed by atoms with Gasteiger partial charge in [0.25, 0.3) is 0 Å². The van der Waals surface area contributed by atoms with E-state index in [4.69, 9.17) is 36.0 Å². The van der Waals surface area contributed by atoms with Crippen molar-refractivity contribution in [2.45, 2.75) is 12.2 Å². The fourth-order valence-electron chi connectivity index (χ4n) is 2.76. The van der Waals surface area contributed by atoms with Crippen molar-refractivity contribution in [2.75, 3.05) is 26.8 Å². The number of halogens is 1. The molecule has 9 heteroatoms. The maximum atomic E-state index is 9.55. The second-order valence-electron chi connectivity index (χ2n) is 6.37. The number of nitrogens with one attached hydrogen (secondary N) is 1. The van der Waals surface area contributed by atoms with E-state index in [0.29, 0.717) is 35.3 Å². The van der Waals surface area contributed by atoms with Crippen LogP contribution in [0.25, 0.3) is 0 Å². The van der Waals surface area contributed by atoms with E-state index in [1.807, 2.05) is 42.5 Å². The lowest BCUT2D eigenvalue weighted by molar-refractivity contribution is -0.134. The van der Waals surface area contributed by atoms with Crippen LogP contribution in [0, 0.1) is 0 Å². The van der Waals surface area contributed by atoms with E-state index in [9.17, 15) is 9.59 Å². The van der Waals surface area contributed by atoms with Gasteiger partial charge in [-0.25, -0.2) is 9.59 Å². The summed E-state index contributed by atoms with van der Waals surface area (Å²) in [6.45, 7) is 2.28. The standard InChI is InChI=1S/C18H20ClNO3.C4H4O4/c1-21-14-7-8-16(15(19)11-14)23-18(13-5-3-2-4-6-13)17-12-20-9-10-22-17;5-3(6)1-2-4(7)8/h2-8,11,17-18,20H,9-10,12H2,1H3;1-2H,(H,5,6)(H,7,8)/t17-,18-;/m0./s1. The monoisotopic (exact) mass is 449 g/mol. The van der Waals surface area contributed by atoms with E-state index in [1.54, 1.807) is 13.2 Å². The molecule has 166 valence electrons. The van der Waals surface area contributed by atoms with Crippen LogP contribution in [-0.4, -0.2) is 55.1 Å². The third-order valence-electron chi connectivity index (χ3n) is 4.18. The highest BCUT2D eigenvalue weighted by Gasteiger charge is 2.28. The van der Waals surface area contributed by atoms with Gasteiger partial charge in [-0.15, -0.1) is 0 Å². The van der Waals surface area contributed by atoms with Crippen LogP contribution in [0.5, 0.6) is 11.5 Å². The molecule has 8 nitrogen and oxygen atoms in total. The molecule has 2 aromatic carbocycles. The molecule has 0 radical (unpaired) electrons. The van der Waals surface area contributed by atoms with Gasteiger partial charge in [-0.3, -0.25) is 0 Å². The molecule has 0 aliphatic carbocycles. The number of rotatable bonds is 7. The highest BCUT2D eigenvalue weighted by Crippen LogP contribution is 2.34. The third-order valence-corrected chi connectivity index (χ3v) is 4.48. The normalized spacial score (nSPS) is 16.6. The largest absolute Gasteiger partial charge is 0.497 e. The van der Waals surface area contributed by atoms with E-state index >= 15 is 0 Å². The van der Waals surface area contributed by atoms with Crippen LogP contribution in [-0.2, 0) is 14.3 Å². The predicted octanol–water partition coefficient (Wildman–Crippen LogP) is 3.17. The molecule has 2 aromatic rings. The van der Waals surface area contributed by atoms with Gasteiger partial charge in [0.2, 0.25) is 0 Å². The van der Waals surface area contributed by atoms with Gasteiger partial charge in [-0.2, -0.15) is 0 Å². The van der Waals surface area contributed by atoms with Crippen LogP contribution in [0.4, 0.5) is 0 Å². The molecule has 2 atom stereocenters. The topological polar surface area (TPSA) is 114 Å². The van der Waals surface area contributed by atoms with Crippen molar-refractivity contribution in [1.29, 1.82) is 0 Å². The van der Waals surface area contributed by atoms with Gasteiger partial charge >= 0.3 is 11.9 Å². The van der Waals surface area contributed by atoms with E-state index in [0.717, 1.165) is 18.7 Å². The van der Waals surface area contributed by atoms with Crippen molar-refractivity contribution < 1.29 is 34.0 Å². The first-order valence-corrected chi connectivity index (χ1v) is 9.80. The molecule has 0 aromatic heterocycles. The number of carboxylic acid groups (broad SMARTS) is 2. The molecule has 3 N–H and O–H groups in total. The molecule has 0 saturated carbocycles. The summed E-state index contributed by atoms with van der Waals surface area (Å²) in [6, 6.07) is 15.5. The second-order valence-corrected chi connectivity index (χ2v) is 6.78. The number of morpholine rings is 1. The third kappa shape index (κ3) is 8.29. The minimum atomic E-state index is -1.26. The van der Waals surface area contributed by atoms with Gasteiger partial charge in [0.05, 0.1) is 18.7 Å². The number of benzene rings is 2. The van der Waals surface area contributed by atoms with Crippen molar-refractivity contribution >= 4 is 23.5 Å².